The number of nitriles is 1. The van der Waals surface area contributed by atoms with Crippen LogP contribution in [0.3, 0.4) is 0 Å². The normalized spacial score (nSPS) is 11.4. The van der Waals surface area contributed by atoms with Crippen LogP contribution in [0, 0.1) is 25.2 Å². The average Bonchev–Trinajstić information content (AvgIpc) is 2.59. The zero-order valence-corrected chi connectivity index (χ0v) is 15.0. The summed E-state index contributed by atoms with van der Waals surface area (Å²) < 4.78 is 38.7. The molecule has 0 saturated heterocycles. The monoisotopic (exact) mass is 372 g/mol. The molecule has 2 aromatic rings. The van der Waals surface area contributed by atoms with E-state index in [2.05, 4.69) is 0 Å². The summed E-state index contributed by atoms with van der Waals surface area (Å²) in [6.45, 7) is 2.28. The SMILES string of the molecule is Cc1ccc(/C=C/C(=O)N(Cc2ccc(C#N)cc2)CC(F)(F)F)c(C)c1. The standard InChI is InChI=1S/C21H19F3N2O/c1-15-3-8-19(16(2)11-15)9-10-20(27)26(14-21(22,23)24)13-18-6-4-17(12-25)5-7-18/h3-11H,13-14H2,1-2H3/b10-9+. The summed E-state index contributed by atoms with van der Waals surface area (Å²) in [5.41, 5.74) is 3.71. The number of aryl methyl sites for hydroxylation is 2. The van der Waals surface area contributed by atoms with E-state index < -0.39 is 18.6 Å². The first-order valence-corrected chi connectivity index (χ1v) is 8.28. The number of carbonyl (C=O) groups is 1. The quantitative estimate of drug-likeness (QED) is 0.709. The summed E-state index contributed by atoms with van der Waals surface area (Å²) in [5.74, 6) is -0.725. The minimum Gasteiger partial charge on any atom is -0.326 e. The topological polar surface area (TPSA) is 44.1 Å². The first-order valence-electron chi connectivity index (χ1n) is 8.28. The Morgan fingerprint density at radius 1 is 1.15 bits per heavy atom. The molecule has 0 aliphatic rings. The number of carbonyl (C=O) groups excluding carboxylic acids is 1. The van der Waals surface area contributed by atoms with Crippen LogP contribution in [0.2, 0.25) is 0 Å². The molecule has 0 radical (unpaired) electrons. The van der Waals surface area contributed by atoms with Crippen molar-refractivity contribution < 1.29 is 18.0 Å². The van der Waals surface area contributed by atoms with Gasteiger partial charge in [-0.2, -0.15) is 18.4 Å². The van der Waals surface area contributed by atoms with Crippen LogP contribution in [0.1, 0.15) is 27.8 Å². The highest BCUT2D eigenvalue weighted by Gasteiger charge is 2.32. The number of hydrogen-bond acceptors (Lipinski definition) is 2. The van der Waals surface area contributed by atoms with E-state index >= 15 is 0 Å². The van der Waals surface area contributed by atoms with Crippen LogP contribution in [0.25, 0.3) is 6.08 Å². The van der Waals surface area contributed by atoms with E-state index in [1.54, 1.807) is 12.1 Å². The fourth-order valence-corrected chi connectivity index (χ4v) is 2.61. The van der Waals surface area contributed by atoms with E-state index in [-0.39, 0.29) is 6.54 Å². The van der Waals surface area contributed by atoms with Gasteiger partial charge in [0, 0.05) is 12.6 Å². The molecule has 27 heavy (non-hydrogen) atoms. The average molecular weight is 372 g/mol. The molecule has 0 heterocycles. The van der Waals surface area contributed by atoms with Crippen LogP contribution in [0.4, 0.5) is 13.2 Å². The first-order chi connectivity index (χ1) is 12.7. The summed E-state index contributed by atoms with van der Waals surface area (Å²) in [5, 5.41) is 8.80. The van der Waals surface area contributed by atoms with Gasteiger partial charge in [0.25, 0.3) is 0 Å². The summed E-state index contributed by atoms with van der Waals surface area (Å²) in [4.78, 5) is 13.1. The number of alkyl halides is 3. The molecule has 0 N–H and O–H groups in total. The molecular formula is C21H19F3N2O. The van der Waals surface area contributed by atoms with Crippen LogP contribution in [0.5, 0.6) is 0 Å². The van der Waals surface area contributed by atoms with Crippen LogP contribution in [-0.4, -0.2) is 23.5 Å². The Morgan fingerprint density at radius 3 is 2.37 bits per heavy atom. The lowest BCUT2D eigenvalue weighted by Crippen LogP contribution is -2.37. The minimum atomic E-state index is -4.50. The third-order valence-electron chi connectivity index (χ3n) is 3.97. The number of hydrogen-bond donors (Lipinski definition) is 0. The molecule has 0 aliphatic heterocycles. The van der Waals surface area contributed by atoms with Crippen LogP contribution in [-0.2, 0) is 11.3 Å². The maximum Gasteiger partial charge on any atom is 0.406 e. The Bertz CT molecular complexity index is 878. The van der Waals surface area contributed by atoms with Crippen molar-refractivity contribution in [1.82, 2.24) is 4.90 Å². The van der Waals surface area contributed by atoms with E-state index in [0.717, 1.165) is 27.7 Å². The number of rotatable bonds is 5. The summed E-state index contributed by atoms with van der Waals surface area (Å²) in [6.07, 6.45) is -1.82. The molecule has 2 aromatic carbocycles. The van der Waals surface area contributed by atoms with E-state index in [1.165, 1.54) is 18.2 Å². The van der Waals surface area contributed by atoms with Crippen molar-refractivity contribution in [3.63, 3.8) is 0 Å². The van der Waals surface area contributed by atoms with Crippen LogP contribution >= 0.6 is 0 Å². The Balaban J connectivity index is 2.20. The number of nitrogens with zero attached hydrogens (tertiary/aromatic N) is 2. The third-order valence-corrected chi connectivity index (χ3v) is 3.97. The highest BCUT2D eigenvalue weighted by atomic mass is 19.4. The first kappa shape index (κ1) is 20.2. The summed E-state index contributed by atoms with van der Waals surface area (Å²) in [6, 6.07) is 13.7. The fourth-order valence-electron chi connectivity index (χ4n) is 2.61. The predicted molar refractivity (Wildman–Crippen MR) is 97.6 cm³/mol. The number of benzene rings is 2. The van der Waals surface area contributed by atoms with Gasteiger partial charge in [0.05, 0.1) is 11.6 Å². The van der Waals surface area contributed by atoms with E-state index in [9.17, 15) is 18.0 Å². The van der Waals surface area contributed by atoms with Crippen LogP contribution < -0.4 is 0 Å². The zero-order chi connectivity index (χ0) is 20.0. The highest BCUT2D eigenvalue weighted by Crippen LogP contribution is 2.19. The van der Waals surface area contributed by atoms with Gasteiger partial charge in [-0.15, -0.1) is 0 Å². The molecule has 0 atom stereocenters. The van der Waals surface area contributed by atoms with Crippen molar-refractivity contribution in [2.24, 2.45) is 0 Å². The molecule has 3 nitrogen and oxygen atoms in total. The van der Waals surface area contributed by atoms with Crippen molar-refractivity contribution in [2.45, 2.75) is 26.6 Å². The second-order valence-corrected chi connectivity index (χ2v) is 6.31. The van der Waals surface area contributed by atoms with Crippen molar-refractivity contribution in [3.05, 3.63) is 76.4 Å². The maximum absolute atomic E-state index is 12.9. The van der Waals surface area contributed by atoms with Crippen molar-refractivity contribution in [1.29, 1.82) is 5.26 Å². The molecule has 0 spiro atoms. The maximum atomic E-state index is 12.9. The van der Waals surface area contributed by atoms with Crippen molar-refractivity contribution >= 4 is 12.0 Å². The summed E-state index contributed by atoms with van der Waals surface area (Å²) >= 11 is 0. The van der Waals surface area contributed by atoms with E-state index in [0.29, 0.717) is 11.1 Å². The highest BCUT2D eigenvalue weighted by molar-refractivity contribution is 5.92. The molecular weight excluding hydrogens is 353 g/mol. The molecule has 1 amide bonds. The fraction of sp³-hybridized carbons (Fsp3) is 0.238. The summed E-state index contributed by atoms with van der Waals surface area (Å²) in [7, 11) is 0. The Kier molecular flexibility index (Phi) is 6.40. The third kappa shape index (κ3) is 6.30. The molecule has 0 aliphatic carbocycles. The van der Waals surface area contributed by atoms with Gasteiger partial charge < -0.3 is 4.90 Å². The van der Waals surface area contributed by atoms with E-state index in [4.69, 9.17) is 5.26 Å². The van der Waals surface area contributed by atoms with Gasteiger partial charge in [-0.3, -0.25) is 4.79 Å². The predicted octanol–water partition coefficient (Wildman–Crippen LogP) is 4.78. The van der Waals surface area contributed by atoms with Gasteiger partial charge in [0.15, 0.2) is 0 Å². The van der Waals surface area contributed by atoms with Crippen molar-refractivity contribution in [3.8, 4) is 6.07 Å². The molecule has 0 fully saturated rings. The zero-order valence-electron chi connectivity index (χ0n) is 15.0. The molecule has 0 saturated carbocycles. The lowest BCUT2D eigenvalue weighted by molar-refractivity contribution is -0.159. The van der Waals surface area contributed by atoms with Gasteiger partial charge >= 0.3 is 6.18 Å². The second-order valence-electron chi connectivity index (χ2n) is 6.31. The Morgan fingerprint density at radius 2 is 1.81 bits per heavy atom. The molecule has 140 valence electrons. The van der Waals surface area contributed by atoms with Crippen molar-refractivity contribution in [2.75, 3.05) is 6.54 Å². The van der Waals surface area contributed by atoms with Gasteiger partial charge in [0.1, 0.15) is 6.54 Å². The Labute approximate surface area is 156 Å². The number of halogens is 3. The van der Waals surface area contributed by atoms with Crippen LogP contribution in [0.15, 0.2) is 48.5 Å². The molecule has 6 heteroatoms. The molecule has 0 unspecified atom stereocenters. The second kappa shape index (κ2) is 8.54. The van der Waals surface area contributed by atoms with Gasteiger partial charge in [-0.25, -0.2) is 0 Å². The molecule has 2 rings (SSSR count). The van der Waals surface area contributed by atoms with E-state index in [1.807, 2.05) is 38.1 Å². The number of amides is 1. The van der Waals surface area contributed by atoms with Gasteiger partial charge in [0.2, 0.25) is 5.91 Å². The minimum absolute atomic E-state index is 0.193. The van der Waals surface area contributed by atoms with Gasteiger partial charge in [-0.05, 0) is 48.7 Å². The molecule has 0 bridgehead atoms. The Hall–Kier alpha value is -3.07. The smallest absolute Gasteiger partial charge is 0.326 e. The van der Waals surface area contributed by atoms with Gasteiger partial charge in [-0.1, -0.05) is 35.9 Å². The largest absolute Gasteiger partial charge is 0.406 e. The lowest BCUT2D eigenvalue weighted by Gasteiger charge is -2.23. The lowest BCUT2D eigenvalue weighted by atomic mass is 10.1. The molecule has 0 aromatic heterocycles.